The summed E-state index contributed by atoms with van der Waals surface area (Å²) in [6.45, 7) is 6.25. The molecule has 0 unspecified atom stereocenters. The van der Waals surface area contributed by atoms with E-state index in [1.807, 2.05) is 0 Å². The minimum absolute atomic E-state index is 0. The molecule has 1 aliphatic heterocycles. The number of nitrogens with zero attached hydrogens (tertiary/aromatic N) is 2. The summed E-state index contributed by atoms with van der Waals surface area (Å²) >= 11 is 14.4. The molecule has 1 aliphatic rings. The Kier molecular flexibility index (Phi) is 24.8. The Balaban J connectivity index is -0.0000000980. The van der Waals surface area contributed by atoms with Crippen molar-refractivity contribution < 1.29 is 27.8 Å². The molecule has 0 saturated heterocycles. The summed E-state index contributed by atoms with van der Waals surface area (Å²) in [6.07, 6.45) is 4.20. The number of aliphatic hydroxyl groups is 1. The first-order valence-corrected chi connectivity index (χ1v) is 6.81. The molecule has 1 heterocycles. The third kappa shape index (κ3) is 53.6. The van der Waals surface area contributed by atoms with Gasteiger partial charge in [-0.2, -0.15) is 0 Å². The number of hydrogen-bond donors (Lipinski definition) is 1. The van der Waals surface area contributed by atoms with E-state index in [0.29, 0.717) is 0 Å². The van der Waals surface area contributed by atoms with Crippen molar-refractivity contribution in [2.24, 2.45) is 0 Å². The van der Waals surface area contributed by atoms with E-state index in [1.165, 1.54) is 0 Å². The molecule has 21 heavy (non-hydrogen) atoms. The van der Waals surface area contributed by atoms with Crippen molar-refractivity contribution in [1.29, 1.82) is 0 Å². The first-order chi connectivity index (χ1) is 8.97. The molecular weight excluding hydrogens is 361 g/mol. The maximum atomic E-state index is 9.75. The van der Waals surface area contributed by atoms with Crippen LogP contribution in [0.2, 0.25) is 0 Å². The first kappa shape index (κ1) is 29.0. The Bertz CT molecular complexity index is 231. The van der Waals surface area contributed by atoms with Crippen LogP contribution in [0.1, 0.15) is 13.8 Å². The minimum Gasteiger partial charge on any atom is -0.418 e. The molecule has 4 nitrogen and oxygen atoms in total. The summed E-state index contributed by atoms with van der Waals surface area (Å²) in [4.78, 5) is 4.41. The van der Waals surface area contributed by atoms with Crippen molar-refractivity contribution in [2.45, 2.75) is 18.1 Å². The van der Waals surface area contributed by atoms with Crippen LogP contribution < -0.4 is 0 Å². The standard InChI is InChI=1S/C6H12N2.C2H6O.CHCl3.BF4.H2O/c1-3-8-5-4-7(2)6-8;1-2-3;2-1(3)4;2-1(3,4)5;/h4-5H,3,6H2,1-2H3;3H,2H2,1H3;1H;;1H2/q;;;-1;. The Morgan fingerprint density at radius 3 is 1.52 bits per heavy atom. The highest BCUT2D eigenvalue weighted by molar-refractivity contribution is 6.63. The van der Waals surface area contributed by atoms with Gasteiger partial charge in [0, 0.05) is 32.6 Å². The van der Waals surface area contributed by atoms with E-state index in [9.17, 15) is 17.3 Å². The molecule has 12 heteroatoms. The summed E-state index contributed by atoms with van der Waals surface area (Å²) in [5.74, 6) is 0. The van der Waals surface area contributed by atoms with Crippen molar-refractivity contribution in [3.05, 3.63) is 12.4 Å². The van der Waals surface area contributed by atoms with Gasteiger partial charge in [-0.3, -0.25) is 0 Å². The van der Waals surface area contributed by atoms with Gasteiger partial charge in [-0.15, -0.1) is 0 Å². The van der Waals surface area contributed by atoms with Crippen molar-refractivity contribution >= 4 is 42.1 Å². The molecule has 0 atom stereocenters. The summed E-state index contributed by atoms with van der Waals surface area (Å²) in [7, 11) is -3.92. The highest BCUT2D eigenvalue weighted by Crippen LogP contribution is 2.06. The third-order valence-electron chi connectivity index (χ3n) is 1.34. The van der Waals surface area contributed by atoms with E-state index in [0.717, 1.165) is 13.2 Å². The van der Waals surface area contributed by atoms with Gasteiger partial charge in [0.05, 0.1) is 6.67 Å². The number of aliphatic hydroxyl groups excluding tert-OH is 1. The van der Waals surface area contributed by atoms with E-state index < -0.39 is 11.5 Å². The highest BCUT2D eigenvalue weighted by Gasteiger charge is 2.20. The monoisotopic (exact) mass is 381 g/mol. The Morgan fingerprint density at radius 1 is 1.14 bits per heavy atom. The van der Waals surface area contributed by atoms with E-state index in [-0.39, 0.29) is 12.1 Å². The summed E-state index contributed by atoms with van der Waals surface area (Å²) in [5.41, 5.74) is 0. The number of hydrogen-bond acceptors (Lipinski definition) is 3. The second-order valence-corrected chi connectivity index (χ2v) is 5.14. The number of alkyl halides is 3. The molecule has 0 spiro atoms. The third-order valence-corrected chi connectivity index (χ3v) is 1.34. The van der Waals surface area contributed by atoms with E-state index in [4.69, 9.17) is 39.9 Å². The predicted molar refractivity (Wildman–Crippen MR) is 82.1 cm³/mol. The Morgan fingerprint density at radius 2 is 1.43 bits per heavy atom. The predicted octanol–water partition coefficient (Wildman–Crippen LogP) is 3.14. The van der Waals surface area contributed by atoms with E-state index in [1.54, 1.807) is 6.92 Å². The summed E-state index contributed by atoms with van der Waals surface area (Å²) in [5, 5.41) is 7.57. The second-order valence-electron chi connectivity index (χ2n) is 3.16. The topological polar surface area (TPSA) is 58.2 Å². The van der Waals surface area contributed by atoms with Crippen LogP contribution in [0, 0.1) is 0 Å². The van der Waals surface area contributed by atoms with Crippen molar-refractivity contribution in [3.8, 4) is 0 Å². The normalized spacial score (nSPS) is 12.4. The fraction of sp³-hybridized carbons (Fsp3) is 0.778. The van der Waals surface area contributed by atoms with Gasteiger partial charge in [0.1, 0.15) is 0 Å². The Hall–Kier alpha value is -0.0851. The van der Waals surface area contributed by atoms with Gasteiger partial charge in [-0.25, -0.2) is 0 Å². The van der Waals surface area contributed by atoms with Crippen LogP contribution in [0.3, 0.4) is 0 Å². The zero-order valence-electron chi connectivity index (χ0n) is 11.9. The minimum atomic E-state index is -6.00. The van der Waals surface area contributed by atoms with Crippen molar-refractivity contribution in [3.63, 3.8) is 0 Å². The molecule has 0 saturated carbocycles. The quantitative estimate of drug-likeness (QED) is 0.431. The van der Waals surface area contributed by atoms with Crippen molar-refractivity contribution in [1.82, 2.24) is 9.80 Å². The van der Waals surface area contributed by atoms with Crippen LogP contribution in [0.5, 0.6) is 0 Å². The maximum Gasteiger partial charge on any atom is 0.673 e. The zero-order valence-corrected chi connectivity index (χ0v) is 14.2. The lowest BCUT2D eigenvalue weighted by atomic mass is 10.3. The molecule has 0 aromatic rings. The van der Waals surface area contributed by atoms with Gasteiger partial charge >= 0.3 is 7.25 Å². The van der Waals surface area contributed by atoms with E-state index in [2.05, 4.69) is 36.2 Å². The van der Waals surface area contributed by atoms with Gasteiger partial charge in [0.15, 0.2) is 4.30 Å². The average molecular weight is 382 g/mol. The van der Waals surface area contributed by atoms with Gasteiger partial charge in [-0.1, -0.05) is 34.8 Å². The summed E-state index contributed by atoms with van der Waals surface area (Å²) in [6, 6.07) is 0. The molecule has 0 fully saturated rings. The molecule has 3 N–H and O–H groups in total. The Labute approximate surface area is 137 Å². The molecule has 0 radical (unpaired) electrons. The van der Waals surface area contributed by atoms with Crippen LogP contribution in [0.4, 0.5) is 17.3 Å². The smallest absolute Gasteiger partial charge is 0.418 e. The molecule has 0 aliphatic carbocycles. The van der Waals surface area contributed by atoms with Crippen LogP contribution in [-0.4, -0.2) is 58.8 Å². The fourth-order valence-corrected chi connectivity index (χ4v) is 0.794. The lowest BCUT2D eigenvalue weighted by Gasteiger charge is -2.14. The van der Waals surface area contributed by atoms with Crippen LogP contribution in [0.15, 0.2) is 12.4 Å². The lowest BCUT2D eigenvalue weighted by Crippen LogP contribution is -2.21. The van der Waals surface area contributed by atoms with Crippen LogP contribution >= 0.6 is 34.8 Å². The number of halogens is 7. The zero-order chi connectivity index (χ0) is 16.8. The molecule has 132 valence electrons. The lowest BCUT2D eigenvalue weighted by molar-refractivity contribution is 0.308. The molecule has 1 rings (SSSR count). The first-order valence-electron chi connectivity index (χ1n) is 5.50. The van der Waals surface area contributed by atoms with Gasteiger partial charge in [0.25, 0.3) is 0 Å². The summed E-state index contributed by atoms with van der Waals surface area (Å²) < 4.78 is 38.2. The molecule has 0 bridgehead atoms. The van der Waals surface area contributed by atoms with E-state index >= 15 is 0 Å². The molecule has 0 amide bonds. The average Bonchev–Trinajstić information content (AvgIpc) is 2.62. The SMILES string of the molecule is CCN1C=CN(C)C1.CCO.ClC(Cl)Cl.F[B-](F)(F)F.O. The van der Waals surface area contributed by atoms with Gasteiger partial charge in [-0.05, 0) is 13.8 Å². The second kappa shape index (κ2) is 18.0. The molecule has 0 aromatic heterocycles. The fourth-order valence-electron chi connectivity index (χ4n) is 0.794. The molecular formula is C9H21BCl3F4N2O2-. The van der Waals surface area contributed by atoms with Crippen LogP contribution in [-0.2, 0) is 0 Å². The largest absolute Gasteiger partial charge is 0.673 e. The highest BCUT2D eigenvalue weighted by atomic mass is 35.6. The van der Waals surface area contributed by atoms with Crippen LogP contribution in [0.25, 0.3) is 0 Å². The van der Waals surface area contributed by atoms with Crippen molar-refractivity contribution in [2.75, 3.05) is 26.9 Å². The van der Waals surface area contributed by atoms with Gasteiger partial charge < -0.3 is 37.6 Å². The maximum absolute atomic E-state index is 9.75. The van der Waals surface area contributed by atoms with Gasteiger partial charge in [0.2, 0.25) is 0 Å². The number of rotatable bonds is 1. The molecule has 0 aromatic carbocycles.